The summed E-state index contributed by atoms with van der Waals surface area (Å²) in [5.74, 6) is -2.02. The number of hydrogen-bond donors (Lipinski definition) is 1. The first kappa shape index (κ1) is 26.2. The number of carboxylic acids is 1. The smallest absolute Gasteiger partial charge is 0.475 e. The van der Waals surface area contributed by atoms with Gasteiger partial charge in [0.2, 0.25) is 5.95 Å². The quantitative estimate of drug-likeness (QED) is 0.626. The van der Waals surface area contributed by atoms with Gasteiger partial charge in [-0.05, 0) is 20.3 Å². The highest BCUT2D eigenvalue weighted by Gasteiger charge is 2.47. The van der Waals surface area contributed by atoms with Crippen LogP contribution in [0.15, 0.2) is 17.1 Å². The lowest BCUT2D eigenvalue weighted by molar-refractivity contribution is -0.192. The number of rotatable bonds is 2. The molecule has 14 heteroatoms. The van der Waals surface area contributed by atoms with Crippen molar-refractivity contribution < 1.29 is 37.3 Å². The normalized spacial score (nSPS) is 25.8. The van der Waals surface area contributed by atoms with E-state index in [0.717, 1.165) is 36.7 Å². The van der Waals surface area contributed by atoms with Crippen molar-refractivity contribution in [1.29, 1.82) is 0 Å². The van der Waals surface area contributed by atoms with Crippen molar-refractivity contribution in [2.75, 3.05) is 37.7 Å². The third kappa shape index (κ3) is 5.60. The number of likely N-dealkylation sites (tertiary alicyclic amines) is 1. The molecule has 3 aliphatic rings. The molecule has 3 unspecified atom stereocenters. The molecule has 2 aromatic rings. The molecule has 1 amide bonds. The summed E-state index contributed by atoms with van der Waals surface area (Å²) in [7, 11) is 0. The second-order valence-corrected chi connectivity index (χ2v) is 9.85. The third-order valence-corrected chi connectivity index (χ3v) is 6.81. The van der Waals surface area contributed by atoms with Crippen molar-refractivity contribution in [1.82, 2.24) is 19.9 Å². The summed E-state index contributed by atoms with van der Waals surface area (Å²) in [5.41, 5.74) is 4.00. The minimum Gasteiger partial charge on any atom is -0.475 e. The molecule has 2 aromatic heterocycles. The Bertz CT molecular complexity index is 1090. The summed E-state index contributed by atoms with van der Waals surface area (Å²) in [6.07, 6.45) is -2.06. The maximum absolute atomic E-state index is 12.8. The van der Waals surface area contributed by atoms with Crippen LogP contribution in [0.2, 0.25) is 0 Å². The van der Waals surface area contributed by atoms with Gasteiger partial charge in [0.1, 0.15) is 5.69 Å². The highest BCUT2D eigenvalue weighted by atomic mass is 32.1. The van der Waals surface area contributed by atoms with Gasteiger partial charge in [0.15, 0.2) is 0 Å². The number of amides is 1. The van der Waals surface area contributed by atoms with E-state index in [-0.39, 0.29) is 23.5 Å². The molecule has 2 fully saturated rings. The third-order valence-electron chi connectivity index (χ3n) is 6.23. The molecule has 36 heavy (non-hydrogen) atoms. The zero-order valence-corrected chi connectivity index (χ0v) is 20.5. The number of morpholine rings is 1. The topological polar surface area (TPSA) is 118 Å². The number of aromatic nitrogens is 3. The van der Waals surface area contributed by atoms with Gasteiger partial charge in [-0.1, -0.05) is 0 Å². The molecule has 1 N–H and O–H groups in total. The SMILES string of the molecule is CC1CN(c2ncc3c(n2)C2(CCN(C(=O)c4cscn4)C2)COC3)CC(C)O1.O=C(O)C(F)(F)F. The van der Waals surface area contributed by atoms with Gasteiger partial charge in [0.05, 0.1) is 42.0 Å². The maximum atomic E-state index is 12.8. The highest BCUT2D eigenvalue weighted by Crippen LogP contribution is 2.40. The van der Waals surface area contributed by atoms with Gasteiger partial charge in [0, 0.05) is 43.3 Å². The summed E-state index contributed by atoms with van der Waals surface area (Å²) < 4.78 is 43.5. The lowest BCUT2D eigenvalue weighted by Crippen LogP contribution is -2.47. The van der Waals surface area contributed by atoms with Crippen LogP contribution in [0.5, 0.6) is 0 Å². The highest BCUT2D eigenvalue weighted by molar-refractivity contribution is 7.07. The first-order valence-electron chi connectivity index (χ1n) is 11.3. The van der Waals surface area contributed by atoms with Crippen molar-refractivity contribution in [2.45, 2.75) is 50.7 Å². The molecule has 0 aliphatic carbocycles. The summed E-state index contributed by atoms with van der Waals surface area (Å²) in [5, 5.41) is 8.93. The van der Waals surface area contributed by atoms with Gasteiger partial charge in [-0.15, -0.1) is 11.3 Å². The minimum absolute atomic E-state index is 0.0136. The van der Waals surface area contributed by atoms with Crippen LogP contribution in [0.3, 0.4) is 0 Å². The number of ether oxygens (including phenoxy) is 2. The van der Waals surface area contributed by atoms with Gasteiger partial charge in [-0.3, -0.25) is 4.79 Å². The number of nitrogens with zero attached hydrogens (tertiary/aromatic N) is 5. The molecule has 3 aliphatic heterocycles. The Hall–Kier alpha value is -2.84. The number of carbonyl (C=O) groups excluding carboxylic acids is 1. The molecule has 1 spiro atoms. The van der Waals surface area contributed by atoms with E-state index in [1.54, 1.807) is 10.9 Å². The molecule has 0 saturated carbocycles. The van der Waals surface area contributed by atoms with Crippen LogP contribution in [-0.2, 0) is 26.3 Å². The zero-order chi connectivity index (χ0) is 26.1. The number of carboxylic acid groups (broad SMARTS) is 1. The standard InChI is InChI=1S/C20H25N5O3S.C2HF3O2/c1-13-6-25(7-14(2)28-13)19-21-5-15-8-27-11-20(17(15)23-19)3-4-24(10-20)18(26)16-9-29-12-22-16;3-2(4,5)1(6)7/h5,9,12-14H,3-4,6-8,10-11H2,1-2H3;(H,6,7). The molecule has 196 valence electrons. The molecular weight excluding hydrogens is 503 g/mol. The lowest BCUT2D eigenvalue weighted by atomic mass is 9.80. The predicted molar refractivity (Wildman–Crippen MR) is 122 cm³/mol. The van der Waals surface area contributed by atoms with Crippen molar-refractivity contribution in [3.8, 4) is 0 Å². The molecule has 0 aromatic carbocycles. The Balaban J connectivity index is 0.000000384. The van der Waals surface area contributed by atoms with Gasteiger partial charge >= 0.3 is 12.1 Å². The van der Waals surface area contributed by atoms with E-state index < -0.39 is 12.1 Å². The van der Waals surface area contributed by atoms with Crippen molar-refractivity contribution >= 4 is 29.2 Å². The Labute approximate surface area is 209 Å². The number of aliphatic carboxylic acids is 1. The van der Waals surface area contributed by atoms with E-state index in [2.05, 4.69) is 28.7 Å². The lowest BCUT2D eigenvalue weighted by Gasteiger charge is -2.38. The van der Waals surface area contributed by atoms with Gasteiger partial charge < -0.3 is 24.4 Å². The Morgan fingerprint density at radius 3 is 2.53 bits per heavy atom. The fraction of sp³-hybridized carbons (Fsp3) is 0.591. The van der Waals surface area contributed by atoms with Crippen LogP contribution < -0.4 is 4.90 Å². The number of carbonyl (C=O) groups is 2. The summed E-state index contributed by atoms with van der Waals surface area (Å²) in [6.45, 7) is 8.10. The van der Waals surface area contributed by atoms with Crippen LogP contribution in [0, 0.1) is 0 Å². The molecule has 0 bridgehead atoms. The summed E-state index contributed by atoms with van der Waals surface area (Å²) in [6, 6.07) is 0. The van der Waals surface area contributed by atoms with Crippen molar-refractivity contribution in [2.24, 2.45) is 0 Å². The second kappa shape index (κ2) is 10.3. The number of hydrogen-bond acceptors (Lipinski definition) is 9. The predicted octanol–water partition coefficient (Wildman–Crippen LogP) is 2.49. The molecular formula is C22H26F3N5O5S. The van der Waals surface area contributed by atoms with E-state index in [9.17, 15) is 18.0 Å². The van der Waals surface area contributed by atoms with Gasteiger partial charge in [-0.2, -0.15) is 13.2 Å². The summed E-state index contributed by atoms with van der Waals surface area (Å²) >= 11 is 1.44. The first-order chi connectivity index (χ1) is 17.0. The van der Waals surface area contributed by atoms with Crippen LogP contribution in [0.25, 0.3) is 0 Å². The number of anilines is 1. The number of halogens is 3. The largest absolute Gasteiger partial charge is 0.490 e. The molecule has 5 rings (SSSR count). The van der Waals surface area contributed by atoms with Gasteiger partial charge in [0.25, 0.3) is 5.91 Å². The van der Waals surface area contributed by atoms with E-state index in [1.165, 1.54) is 11.3 Å². The molecule has 3 atom stereocenters. The molecule has 10 nitrogen and oxygen atoms in total. The first-order valence-corrected chi connectivity index (χ1v) is 12.2. The Kier molecular flexibility index (Phi) is 7.48. The number of thiazole rings is 1. The van der Waals surface area contributed by atoms with E-state index in [4.69, 9.17) is 24.4 Å². The molecule has 5 heterocycles. The fourth-order valence-corrected chi connectivity index (χ4v) is 5.24. The second-order valence-electron chi connectivity index (χ2n) is 9.13. The van der Waals surface area contributed by atoms with Crippen molar-refractivity contribution in [3.05, 3.63) is 34.0 Å². The van der Waals surface area contributed by atoms with Crippen LogP contribution >= 0.6 is 11.3 Å². The zero-order valence-electron chi connectivity index (χ0n) is 19.7. The Morgan fingerprint density at radius 1 is 1.22 bits per heavy atom. The number of fused-ring (bicyclic) bond motifs is 2. The maximum Gasteiger partial charge on any atom is 0.490 e. The molecule has 2 saturated heterocycles. The minimum atomic E-state index is -5.08. The number of alkyl halides is 3. The van der Waals surface area contributed by atoms with Crippen LogP contribution in [0.1, 0.15) is 42.0 Å². The van der Waals surface area contributed by atoms with Gasteiger partial charge in [-0.25, -0.2) is 19.7 Å². The van der Waals surface area contributed by atoms with E-state index in [1.807, 2.05) is 11.1 Å². The van der Waals surface area contributed by atoms with E-state index in [0.29, 0.717) is 32.0 Å². The molecule has 0 radical (unpaired) electrons. The monoisotopic (exact) mass is 529 g/mol. The van der Waals surface area contributed by atoms with Crippen LogP contribution in [0.4, 0.5) is 19.1 Å². The fourth-order valence-electron chi connectivity index (χ4n) is 4.72. The summed E-state index contributed by atoms with van der Waals surface area (Å²) in [4.78, 5) is 39.6. The van der Waals surface area contributed by atoms with Crippen molar-refractivity contribution in [3.63, 3.8) is 0 Å². The van der Waals surface area contributed by atoms with Crippen LogP contribution in [-0.4, -0.2) is 88.0 Å². The average Bonchev–Trinajstić information content (AvgIpc) is 3.49. The van der Waals surface area contributed by atoms with E-state index >= 15 is 0 Å². The average molecular weight is 530 g/mol. The Morgan fingerprint density at radius 2 is 1.92 bits per heavy atom.